The number of nitrogen functional groups attached to an aromatic ring is 1. The predicted octanol–water partition coefficient (Wildman–Crippen LogP) is 4.76. The molecule has 0 atom stereocenters. The van der Waals surface area contributed by atoms with Crippen LogP contribution in [-0.2, 0) is 0 Å². The zero-order valence-corrected chi connectivity index (χ0v) is 24.3. The van der Waals surface area contributed by atoms with Gasteiger partial charge in [0.25, 0.3) is 0 Å². The van der Waals surface area contributed by atoms with E-state index in [4.69, 9.17) is 22.1 Å². The van der Waals surface area contributed by atoms with E-state index in [-0.39, 0.29) is 89.8 Å². The van der Waals surface area contributed by atoms with Gasteiger partial charge >= 0.3 is 0 Å². The third kappa shape index (κ3) is 5.09. The Bertz CT molecular complexity index is 881. The fourth-order valence-electron chi connectivity index (χ4n) is 2.93. The van der Waals surface area contributed by atoms with Crippen molar-refractivity contribution in [2.75, 3.05) is 31.2 Å². The minimum absolute atomic E-state index is 0. The molecule has 3 N–H and O–H groups in total. The molecule has 1 saturated heterocycles. The quantitative estimate of drug-likeness (QED) is 0.397. The van der Waals surface area contributed by atoms with Crippen molar-refractivity contribution in [2.24, 2.45) is 0 Å². The van der Waals surface area contributed by atoms with Crippen molar-refractivity contribution in [3.05, 3.63) is 33.3 Å². The van der Waals surface area contributed by atoms with E-state index in [1.807, 2.05) is 14.0 Å². The van der Waals surface area contributed by atoms with Gasteiger partial charge in [-0.05, 0) is 41.3 Å². The van der Waals surface area contributed by atoms with Crippen molar-refractivity contribution in [3.63, 3.8) is 0 Å². The molecule has 1 radical (unpaired) electrons. The van der Waals surface area contributed by atoms with Crippen LogP contribution in [-0.4, -0.2) is 98.9 Å². The second-order valence-electron chi connectivity index (χ2n) is 6.27. The summed E-state index contributed by atoms with van der Waals surface area (Å²) in [7, 11) is 2.01. The summed E-state index contributed by atoms with van der Waals surface area (Å²) in [5, 5.41) is 4.03. The molecule has 0 saturated carbocycles. The number of anilines is 2. The number of nitrogens with one attached hydrogen (secondary N) is 1. The van der Waals surface area contributed by atoms with Crippen LogP contribution in [0.1, 0.15) is 26.2 Å². The monoisotopic (exact) mass is 575 g/mol. The topological polar surface area (TPSA) is 63.4 Å². The summed E-state index contributed by atoms with van der Waals surface area (Å²) >= 11 is 9.29. The molecular weight excluding hydrogens is 555 g/mol. The number of rotatable bonds is 5. The number of allylic oxidation sites excluding steroid dienone is 1. The summed E-state index contributed by atoms with van der Waals surface area (Å²) in [6, 6.07) is 1.65. The Labute approximate surface area is 230 Å². The molecule has 1 aromatic heterocycles. The number of benzene rings is 1. The van der Waals surface area contributed by atoms with E-state index in [0.717, 1.165) is 31.5 Å². The van der Waals surface area contributed by atoms with Crippen LogP contribution in [0.15, 0.2) is 22.5 Å². The predicted molar refractivity (Wildman–Crippen MR) is 114 cm³/mol. The van der Waals surface area contributed by atoms with Gasteiger partial charge in [-0.2, -0.15) is 0 Å². The van der Waals surface area contributed by atoms with Crippen molar-refractivity contribution in [2.45, 2.75) is 26.2 Å². The number of halogens is 3. The van der Waals surface area contributed by atoms with E-state index in [1.54, 1.807) is 12.3 Å². The number of hydrogen-bond acceptors (Lipinski definition) is 5. The molecule has 1 fully saturated rings. The fourth-order valence-corrected chi connectivity index (χ4v) is 3.43. The molecule has 2 heterocycles. The van der Waals surface area contributed by atoms with E-state index in [2.05, 4.69) is 31.1 Å². The van der Waals surface area contributed by atoms with E-state index < -0.39 is 5.82 Å². The van der Waals surface area contributed by atoms with Gasteiger partial charge in [-0.25, -0.2) is 9.37 Å². The number of fused-ring (bicyclic) bond motifs is 1. The number of nitrogens with zero attached hydrogens (tertiary/aromatic N) is 2. The van der Waals surface area contributed by atoms with Crippen LogP contribution in [0.4, 0.5) is 15.8 Å². The molecule has 5 nitrogen and oxygen atoms in total. The number of hydrogen-bond donors (Lipinski definition) is 2. The molecule has 1 aliphatic heterocycles. The van der Waals surface area contributed by atoms with Gasteiger partial charge < -0.3 is 20.7 Å². The van der Waals surface area contributed by atoms with Crippen molar-refractivity contribution < 1.29 is 9.13 Å². The van der Waals surface area contributed by atoms with Crippen molar-refractivity contribution in [1.29, 1.82) is 0 Å². The molecule has 1 aliphatic rings. The van der Waals surface area contributed by atoms with Crippen LogP contribution >= 0.6 is 27.5 Å². The maximum atomic E-state index is 14.7. The third-order valence-corrected chi connectivity index (χ3v) is 5.70. The van der Waals surface area contributed by atoms with Crippen LogP contribution in [0.5, 0.6) is 5.88 Å². The average molecular weight is 577 g/mol. The number of likely N-dealkylation sites (tertiary alicyclic amines) is 1. The summed E-state index contributed by atoms with van der Waals surface area (Å²) < 4.78 is 20.7. The van der Waals surface area contributed by atoms with Crippen molar-refractivity contribution in [3.8, 4) is 5.88 Å². The average Bonchev–Trinajstić information content (AvgIpc) is 3.03. The Hall–Kier alpha value is 0.322. The van der Waals surface area contributed by atoms with Gasteiger partial charge in [-0.1, -0.05) is 18.5 Å². The number of aromatic nitrogens is 1. The van der Waals surface area contributed by atoms with E-state index in [9.17, 15) is 4.39 Å². The van der Waals surface area contributed by atoms with Gasteiger partial charge in [0.1, 0.15) is 17.5 Å². The van der Waals surface area contributed by atoms with Gasteiger partial charge in [0.2, 0.25) is 5.88 Å². The molecule has 0 amide bonds. The number of pyridine rings is 1. The maximum Gasteiger partial charge on any atom is 0.245 e. The summed E-state index contributed by atoms with van der Waals surface area (Å²) in [6.45, 7) is 3.70. The first kappa shape index (κ1) is 23.6. The van der Waals surface area contributed by atoms with Gasteiger partial charge in [0.15, 0.2) is 5.82 Å². The number of ether oxygens (including phenoxy) is 1. The molecule has 3 rings (SSSR count). The zero-order valence-electron chi connectivity index (χ0n) is 15.7. The largest absolute Gasteiger partial charge is 0.443 e. The van der Waals surface area contributed by atoms with Crippen LogP contribution in [0.25, 0.3) is 10.9 Å². The van der Waals surface area contributed by atoms with Crippen LogP contribution in [0.3, 0.4) is 0 Å². The Balaban J connectivity index is 0.00000261. The second kappa shape index (κ2) is 10.4. The molecule has 0 bridgehead atoms. The summed E-state index contributed by atoms with van der Waals surface area (Å²) in [5.74, 6) is -0.362. The first-order valence-electron chi connectivity index (χ1n) is 8.51. The minimum Gasteiger partial charge on any atom is -0.443 e. The van der Waals surface area contributed by atoms with E-state index >= 15 is 0 Å². The fraction of sp³-hybridized carbons (Fsp3) is 0.389. The molecule has 2 aromatic rings. The Morgan fingerprint density at radius 3 is 2.89 bits per heavy atom. The third-order valence-electron chi connectivity index (χ3n) is 4.39. The standard InChI is InChI=1S/C18H21BrClFN4O.Cs/c1-3-6-23-17-11-8-12(20)13(19)14(21)16(11)24-18(15(17)22)26-9-10-5-4-7-25(10)2;/h8-9H,3-7,22H2,1-2H3,(H,23,24);/b10-9-;. The Morgan fingerprint density at radius 1 is 1.52 bits per heavy atom. The summed E-state index contributed by atoms with van der Waals surface area (Å²) in [6.07, 6.45) is 4.54. The van der Waals surface area contributed by atoms with Gasteiger partial charge in [0, 0.05) is 100 Å². The maximum absolute atomic E-state index is 14.7. The molecule has 141 valence electrons. The molecule has 0 unspecified atom stereocenters. The molecule has 9 heteroatoms. The summed E-state index contributed by atoms with van der Waals surface area (Å²) in [5.41, 5.74) is 8.41. The molecule has 27 heavy (non-hydrogen) atoms. The first-order chi connectivity index (χ1) is 12.4. The Kier molecular flexibility index (Phi) is 9.07. The molecule has 0 aliphatic carbocycles. The second-order valence-corrected chi connectivity index (χ2v) is 7.47. The Morgan fingerprint density at radius 2 is 2.26 bits per heavy atom. The van der Waals surface area contributed by atoms with Crippen LogP contribution in [0.2, 0.25) is 5.02 Å². The molecule has 0 spiro atoms. The molecule has 1 aromatic carbocycles. The SMILES string of the molecule is CCCNc1c(N)c(O/C=C2/CCCN2C)nc2c(F)c(Br)c(Cl)cc12.[Cs]. The van der Waals surface area contributed by atoms with Gasteiger partial charge in [0.05, 0.1) is 15.2 Å². The van der Waals surface area contributed by atoms with Gasteiger partial charge in [-0.3, -0.25) is 0 Å². The zero-order chi connectivity index (χ0) is 18.8. The first-order valence-corrected chi connectivity index (χ1v) is 9.68. The van der Waals surface area contributed by atoms with E-state index in [0.29, 0.717) is 23.3 Å². The number of nitrogens with two attached hydrogens (primary N) is 1. The minimum atomic E-state index is -0.539. The van der Waals surface area contributed by atoms with Crippen LogP contribution in [0, 0.1) is 5.82 Å². The molecular formula is C18H21BrClCsFN4O. The van der Waals surface area contributed by atoms with Crippen LogP contribution < -0.4 is 15.8 Å². The van der Waals surface area contributed by atoms with Crippen molar-refractivity contribution in [1.82, 2.24) is 9.88 Å². The van der Waals surface area contributed by atoms with Gasteiger partial charge in [-0.15, -0.1) is 0 Å². The van der Waals surface area contributed by atoms with Crippen molar-refractivity contribution >= 4 is 119 Å². The van der Waals surface area contributed by atoms with E-state index in [1.165, 1.54) is 0 Å². The summed E-state index contributed by atoms with van der Waals surface area (Å²) in [4.78, 5) is 6.43. The normalized spacial score (nSPS) is 15.3. The smallest absolute Gasteiger partial charge is 0.245 e.